The first-order chi connectivity index (χ1) is 8.90. The predicted octanol–water partition coefficient (Wildman–Crippen LogP) is 1.20. The van der Waals surface area contributed by atoms with Crippen LogP contribution in [-0.2, 0) is 9.59 Å². The number of carbonyl (C=O) groups excluding carboxylic acids is 2. The lowest BCUT2D eigenvalue weighted by molar-refractivity contribution is -0.115. The molecule has 6 nitrogen and oxygen atoms in total. The lowest BCUT2D eigenvalue weighted by Crippen LogP contribution is -2.18. The standard InChI is InChI=1S/C11H11ClN2O4S/c12-7-2-1-6(11(17)18)3-8(7)14-10(16)5-19-4-9(13)15/h1-3H,4-5H2,(H2,13,15)(H,14,16)(H,17,18). The number of hydrogen-bond acceptors (Lipinski definition) is 4. The molecule has 0 aliphatic carbocycles. The molecule has 102 valence electrons. The number of nitrogens with two attached hydrogens (primary N) is 1. The number of amides is 2. The molecule has 1 rings (SSSR count). The first kappa shape index (κ1) is 15.3. The molecule has 0 bridgehead atoms. The Bertz CT molecular complexity index is 521. The first-order valence-electron chi connectivity index (χ1n) is 5.09. The van der Waals surface area contributed by atoms with Gasteiger partial charge in [-0.25, -0.2) is 4.79 Å². The van der Waals surface area contributed by atoms with Gasteiger partial charge in [0, 0.05) is 0 Å². The van der Waals surface area contributed by atoms with E-state index in [9.17, 15) is 14.4 Å². The number of rotatable bonds is 6. The van der Waals surface area contributed by atoms with Crippen molar-refractivity contribution in [3.8, 4) is 0 Å². The van der Waals surface area contributed by atoms with E-state index in [-0.39, 0.29) is 27.8 Å². The summed E-state index contributed by atoms with van der Waals surface area (Å²) in [6.45, 7) is 0. The van der Waals surface area contributed by atoms with Crippen LogP contribution in [0, 0.1) is 0 Å². The lowest BCUT2D eigenvalue weighted by Gasteiger charge is -2.07. The van der Waals surface area contributed by atoms with Gasteiger partial charge in [0.15, 0.2) is 0 Å². The van der Waals surface area contributed by atoms with Gasteiger partial charge in [0.25, 0.3) is 0 Å². The predicted molar refractivity (Wildman–Crippen MR) is 73.6 cm³/mol. The van der Waals surface area contributed by atoms with Crippen LogP contribution >= 0.6 is 23.4 Å². The number of nitrogens with one attached hydrogen (secondary N) is 1. The highest BCUT2D eigenvalue weighted by molar-refractivity contribution is 8.00. The summed E-state index contributed by atoms with van der Waals surface area (Å²) in [5.41, 5.74) is 5.16. The SMILES string of the molecule is NC(=O)CSCC(=O)Nc1cc(C(=O)O)ccc1Cl. The number of hydrogen-bond donors (Lipinski definition) is 3. The monoisotopic (exact) mass is 302 g/mol. The summed E-state index contributed by atoms with van der Waals surface area (Å²) in [4.78, 5) is 32.8. The molecule has 1 aromatic rings. The van der Waals surface area contributed by atoms with Gasteiger partial charge in [-0.3, -0.25) is 9.59 Å². The zero-order chi connectivity index (χ0) is 14.4. The Hall–Kier alpha value is -1.73. The average molecular weight is 303 g/mol. The second-order valence-electron chi connectivity index (χ2n) is 3.51. The van der Waals surface area contributed by atoms with Gasteiger partial charge < -0.3 is 16.2 Å². The van der Waals surface area contributed by atoms with E-state index >= 15 is 0 Å². The number of primary amides is 1. The quantitative estimate of drug-likeness (QED) is 0.731. The topological polar surface area (TPSA) is 109 Å². The molecule has 0 radical (unpaired) electrons. The number of carboxylic acids is 1. The zero-order valence-corrected chi connectivity index (χ0v) is 11.3. The van der Waals surface area contributed by atoms with Gasteiger partial charge in [0.05, 0.1) is 27.8 Å². The van der Waals surface area contributed by atoms with E-state index in [0.717, 1.165) is 11.8 Å². The van der Waals surface area contributed by atoms with Crippen molar-refractivity contribution in [1.29, 1.82) is 0 Å². The van der Waals surface area contributed by atoms with E-state index in [2.05, 4.69) is 5.32 Å². The van der Waals surface area contributed by atoms with Crippen molar-refractivity contribution < 1.29 is 19.5 Å². The average Bonchev–Trinajstić information content (AvgIpc) is 2.31. The van der Waals surface area contributed by atoms with Crippen LogP contribution < -0.4 is 11.1 Å². The maximum Gasteiger partial charge on any atom is 0.335 e. The highest BCUT2D eigenvalue weighted by atomic mass is 35.5. The molecule has 0 saturated heterocycles. The third-order valence-electron chi connectivity index (χ3n) is 1.96. The van der Waals surface area contributed by atoms with Crippen LogP contribution in [0.25, 0.3) is 0 Å². The molecule has 0 atom stereocenters. The summed E-state index contributed by atoms with van der Waals surface area (Å²) in [5.74, 6) is -1.96. The maximum absolute atomic E-state index is 11.5. The van der Waals surface area contributed by atoms with Gasteiger partial charge in [0.2, 0.25) is 11.8 Å². The van der Waals surface area contributed by atoms with Gasteiger partial charge in [-0.05, 0) is 18.2 Å². The van der Waals surface area contributed by atoms with E-state index in [4.69, 9.17) is 22.4 Å². The molecule has 0 spiro atoms. The number of carboxylic acid groups (broad SMARTS) is 1. The van der Waals surface area contributed by atoms with E-state index in [1.807, 2.05) is 0 Å². The second-order valence-corrected chi connectivity index (χ2v) is 4.90. The summed E-state index contributed by atoms with van der Waals surface area (Å²) in [6.07, 6.45) is 0. The maximum atomic E-state index is 11.5. The van der Waals surface area contributed by atoms with Gasteiger partial charge >= 0.3 is 5.97 Å². The fraction of sp³-hybridized carbons (Fsp3) is 0.182. The minimum atomic E-state index is -1.12. The third kappa shape index (κ3) is 5.19. The molecular formula is C11H11ClN2O4S. The minimum absolute atomic E-state index is 0.0180. The molecule has 4 N–H and O–H groups in total. The van der Waals surface area contributed by atoms with Gasteiger partial charge in [-0.2, -0.15) is 0 Å². The van der Waals surface area contributed by atoms with Crippen LogP contribution in [0.1, 0.15) is 10.4 Å². The first-order valence-corrected chi connectivity index (χ1v) is 6.62. The Morgan fingerprint density at radius 1 is 1.32 bits per heavy atom. The number of carbonyl (C=O) groups is 3. The Kier molecular flexibility index (Phi) is 5.65. The molecule has 19 heavy (non-hydrogen) atoms. The molecule has 0 aliphatic heterocycles. The fourth-order valence-electron chi connectivity index (χ4n) is 1.18. The Balaban J connectivity index is 2.65. The number of halogens is 1. The molecule has 2 amide bonds. The Morgan fingerprint density at radius 3 is 2.58 bits per heavy atom. The molecule has 1 aromatic carbocycles. The summed E-state index contributed by atoms with van der Waals surface area (Å²) < 4.78 is 0. The van der Waals surface area contributed by atoms with Gasteiger partial charge in [0.1, 0.15) is 0 Å². The molecule has 8 heteroatoms. The van der Waals surface area contributed by atoms with Crippen molar-refractivity contribution in [3.05, 3.63) is 28.8 Å². The number of thioether (sulfide) groups is 1. The van der Waals surface area contributed by atoms with E-state index in [1.165, 1.54) is 18.2 Å². The molecule has 0 aliphatic rings. The largest absolute Gasteiger partial charge is 0.478 e. The smallest absolute Gasteiger partial charge is 0.335 e. The minimum Gasteiger partial charge on any atom is -0.478 e. The molecule has 0 heterocycles. The number of anilines is 1. The molecular weight excluding hydrogens is 292 g/mol. The van der Waals surface area contributed by atoms with Crippen LogP contribution in [-0.4, -0.2) is 34.4 Å². The van der Waals surface area contributed by atoms with E-state index in [0.29, 0.717) is 0 Å². The van der Waals surface area contributed by atoms with Gasteiger partial charge in [-0.15, -0.1) is 11.8 Å². The molecule has 0 fully saturated rings. The van der Waals surface area contributed by atoms with Crippen LogP contribution in [0.3, 0.4) is 0 Å². The normalized spacial score (nSPS) is 9.95. The van der Waals surface area contributed by atoms with Crippen molar-refractivity contribution in [2.45, 2.75) is 0 Å². The fourth-order valence-corrected chi connectivity index (χ4v) is 1.91. The van der Waals surface area contributed by atoms with Crippen molar-refractivity contribution in [1.82, 2.24) is 0 Å². The van der Waals surface area contributed by atoms with Crippen LogP contribution in [0.15, 0.2) is 18.2 Å². The second kappa shape index (κ2) is 7.01. The Morgan fingerprint density at radius 2 is 2.00 bits per heavy atom. The lowest BCUT2D eigenvalue weighted by atomic mass is 10.2. The number of benzene rings is 1. The Labute approximate surface area is 118 Å². The highest BCUT2D eigenvalue weighted by Gasteiger charge is 2.10. The zero-order valence-electron chi connectivity index (χ0n) is 9.68. The summed E-state index contributed by atoms with van der Waals surface area (Å²) in [5, 5.41) is 11.5. The van der Waals surface area contributed by atoms with Crippen LogP contribution in [0.5, 0.6) is 0 Å². The highest BCUT2D eigenvalue weighted by Crippen LogP contribution is 2.23. The summed E-state index contributed by atoms with van der Waals surface area (Å²) >= 11 is 6.90. The van der Waals surface area contributed by atoms with E-state index < -0.39 is 17.8 Å². The molecule has 0 aromatic heterocycles. The van der Waals surface area contributed by atoms with Crippen molar-refractivity contribution in [2.24, 2.45) is 5.73 Å². The van der Waals surface area contributed by atoms with E-state index in [1.54, 1.807) is 0 Å². The summed E-state index contributed by atoms with van der Waals surface area (Å²) in [7, 11) is 0. The van der Waals surface area contributed by atoms with Crippen molar-refractivity contribution in [2.75, 3.05) is 16.8 Å². The molecule has 0 unspecified atom stereocenters. The van der Waals surface area contributed by atoms with Crippen LogP contribution in [0.4, 0.5) is 5.69 Å². The summed E-state index contributed by atoms with van der Waals surface area (Å²) in [6, 6.07) is 3.99. The van der Waals surface area contributed by atoms with Crippen molar-refractivity contribution >= 4 is 46.8 Å². The van der Waals surface area contributed by atoms with Crippen LogP contribution in [0.2, 0.25) is 5.02 Å². The van der Waals surface area contributed by atoms with Gasteiger partial charge in [-0.1, -0.05) is 11.6 Å². The number of aromatic carboxylic acids is 1. The third-order valence-corrected chi connectivity index (χ3v) is 3.25. The molecule has 0 saturated carbocycles. The van der Waals surface area contributed by atoms with Crippen molar-refractivity contribution in [3.63, 3.8) is 0 Å².